The summed E-state index contributed by atoms with van der Waals surface area (Å²) in [6.45, 7) is 8.32. The fourth-order valence-electron chi connectivity index (χ4n) is 2.06. The van der Waals surface area contributed by atoms with Crippen molar-refractivity contribution in [2.75, 3.05) is 13.1 Å². The Hall–Kier alpha value is -1.50. The van der Waals surface area contributed by atoms with Crippen LogP contribution in [0, 0.1) is 6.92 Å². The molecule has 0 radical (unpaired) electrons. The van der Waals surface area contributed by atoms with Gasteiger partial charge in [0, 0.05) is 13.1 Å². The summed E-state index contributed by atoms with van der Waals surface area (Å²) >= 11 is 0. The first-order chi connectivity index (χ1) is 9.76. The highest BCUT2D eigenvalue weighted by Crippen LogP contribution is 2.21. The van der Waals surface area contributed by atoms with Gasteiger partial charge in [0.05, 0.1) is 21.7 Å². The Morgan fingerprint density at radius 1 is 1.38 bits per heavy atom. The second-order valence-electron chi connectivity index (χ2n) is 6.15. The molecule has 116 valence electrons. The van der Waals surface area contributed by atoms with E-state index in [1.54, 1.807) is 17.0 Å². The van der Waals surface area contributed by atoms with E-state index in [1.807, 2.05) is 27.7 Å². The molecule has 21 heavy (non-hydrogen) atoms. The molecule has 1 aromatic heterocycles. The quantitative estimate of drug-likeness (QED) is 0.834. The first-order valence-corrected chi connectivity index (χ1v) is 8.16. The largest absolute Gasteiger partial charge is 0.444 e. The van der Waals surface area contributed by atoms with Crippen LogP contribution in [-0.2, 0) is 15.5 Å². The molecule has 6 nitrogen and oxygen atoms in total. The summed E-state index contributed by atoms with van der Waals surface area (Å²) in [5.41, 5.74) is 0.272. The normalized spacial score (nSPS) is 20.4. The zero-order valence-corrected chi connectivity index (χ0v) is 13.6. The average Bonchev–Trinajstić information content (AvgIpc) is 2.86. The molecule has 0 bridgehead atoms. The Balaban J connectivity index is 1.97. The number of aromatic nitrogens is 2. The lowest BCUT2D eigenvalue weighted by Gasteiger charge is -2.24. The molecule has 1 aliphatic rings. The van der Waals surface area contributed by atoms with Crippen molar-refractivity contribution in [2.24, 2.45) is 0 Å². The fraction of sp³-hybridized carbons (Fsp3) is 0.643. The molecule has 1 aliphatic heterocycles. The number of likely N-dealkylation sites (tertiary alicyclic amines) is 1. The summed E-state index contributed by atoms with van der Waals surface area (Å²) < 4.78 is 17.8. The van der Waals surface area contributed by atoms with E-state index in [9.17, 15) is 9.00 Å². The first kappa shape index (κ1) is 15.9. The molecule has 1 fully saturated rings. The van der Waals surface area contributed by atoms with Crippen LogP contribution in [0.4, 0.5) is 4.79 Å². The Kier molecular flexibility index (Phi) is 4.61. The van der Waals surface area contributed by atoms with Crippen LogP contribution in [0.15, 0.2) is 17.2 Å². The number of carbonyl (C=O) groups is 1. The summed E-state index contributed by atoms with van der Waals surface area (Å²) in [4.78, 5) is 13.6. The van der Waals surface area contributed by atoms with E-state index in [2.05, 4.69) is 10.2 Å². The van der Waals surface area contributed by atoms with Gasteiger partial charge in [-0.15, -0.1) is 5.10 Å². The molecule has 1 amide bonds. The van der Waals surface area contributed by atoms with Crippen molar-refractivity contribution in [3.63, 3.8) is 0 Å². The van der Waals surface area contributed by atoms with E-state index in [4.69, 9.17) is 4.74 Å². The molecule has 0 spiro atoms. The third-order valence-corrected chi connectivity index (χ3v) is 4.70. The van der Waals surface area contributed by atoms with Crippen molar-refractivity contribution in [1.29, 1.82) is 0 Å². The highest BCUT2D eigenvalue weighted by Gasteiger charge is 2.33. The van der Waals surface area contributed by atoms with Crippen molar-refractivity contribution in [1.82, 2.24) is 15.1 Å². The molecule has 2 unspecified atom stereocenters. The standard InChI is InChI=1S/C14H21N3O3S/c1-10-5-6-12(16-15-10)21(19)11-7-8-17(9-11)13(18)20-14(2,3)4/h5-6,11H,7-9H2,1-4H3. The highest BCUT2D eigenvalue weighted by molar-refractivity contribution is 7.85. The maximum atomic E-state index is 12.4. The minimum atomic E-state index is -1.25. The van der Waals surface area contributed by atoms with E-state index in [-0.39, 0.29) is 11.3 Å². The summed E-state index contributed by atoms with van der Waals surface area (Å²) in [6, 6.07) is 3.52. The van der Waals surface area contributed by atoms with Gasteiger partial charge in [0.25, 0.3) is 0 Å². The number of aryl methyl sites for hydroxylation is 1. The van der Waals surface area contributed by atoms with Gasteiger partial charge < -0.3 is 9.64 Å². The molecule has 0 aliphatic carbocycles. The predicted molar refractivity (Wildman–Crippen MR) is 79.4 cm³/mol. The maximum absolute atomic E-state index is 12.4. The number of carbonyl (C=O) groups excluding carboxylic acids is 1. The number of hydrogen-bond acceptors (Lipinski definition) is 5. The Morgan fingerprint density at radius 3 is 2.67 bits per heavy atom. The van der Waals surface area contributed by atoms with E-state index in [0.29, 0.717) is 24.5 Å². The van der Waals surface area contributed by atoms with Gasteiger partial charge in [-0.2, -0.15) is 5.10 Å². The maximum Gasteiger partial charge on any atom is 0.410 e. The van der Waals surface area contributed by atoms with E-state index < -0.39 is 16.4 Å². The summed E-state index contributed by atoms with van der Waals surface area (Å²) in [7, 11) is -1.25. The van der Waals surface area contributed by atoms with Crippen LogP contribution in [0.5, 0.6) is 0 Å². The van der Waals surface area contributed by atoms with Gasteiger partial charge in [-0.3, -0.25) is 4.21 Å². The molecular formula is C14H21N3O3S. The molecule has 1 saturated heterocycles. The summed E-state index contributed by atoms with van der Waals surface area (Å²) in [5.74, 6) is 0. The topological polar surface area (TPSA) is 72.4 Å². The Morgan fingerprint density at radius 2 is 2.10 bits per heavy atom. The molecule has 2 atom stereocenters. The van der Waals surface area contributed by atoms with Crippen molar-refractivity contribution < 1.29 is 13.7 Å². The predicted octanol–water partition coefficient (Wildman–Crippen LogP) is 1.90. The average molecular weight is 311 g/mol. The molecule has 0 saturated carbocycles. The van der Waals surface area contributed by atoms with Gasteiger partial charge in [-0.1, -0.05) is 0 Å². The highest BCUT2D eigenvalue weighted by atomic mass is 32.2. The molecule has 0 aromatic carbocycles. The van der Waals surface area contributed by atoms with Crippen molar-refractivity contribution in [3.05, 3.63) is 17.8 Å². The first-order valence-electron chi connectivity index (χ1n) is 6.95. The lowest BCUT2D eigenvalue weighted by atomic mass is 10.2. The zero-order chi connectivity index (χ0) is 15.6. The van der Waals surface area contributed by atoms with E-state index in [1.165, 1.54) is 0 Å². The number of hydrogen-bond donors (Lipinski definition) is 0. The molecule has 1 aromatic rings. The lowest BCUT2D eigenvalue weighted by Crippen LogP contribution is -2.36. The third-order valence-electron chi connectivity index (χ3n) is 3.08. The van der Waals surface area contributed by atoms with Gasteiger partial charge in [-0.05, 0) is 46.2 Å². The van der Waals surface area contributed by atoms with Crippen LogP contribution in [0.25, 0.3) is 0 Å². The Bertz CT molecular complexity index is 539. The molecular weight excluding hydrogens is 290 g/mol. The molecule has 2 heterocycles. The number of nitrogens with zero attached hydrogens (tertiary/aromatic N) is 3. The van der Waals surface area contributed by atoms with Crippen LogP contribution in [0.2, 0.25) is 0 Å². The second kappa shape index (κ2) is 6.09. The van der Waals surface area contributed by atoms with Gasteiger partial charge in [0.15, 0.2) is 0 Å². The Labute approximate surface area is 127 Å². The third kappa shape index (κ3) is 4.23. The monoisotopic (exact) mass is 311 g/mol. The smallest absolute Gasteiger partial charge is 0.410 e. The van der Waals surface area contributed by atoms with Crippen LogP contribution in [0.3, 0.4) is 0 Å². The van der Waals surface area contributed by atoms with Crippen LogP contribution in [0.1, 0.15) is 32.9 Å². The van der Waals surface area contributed by atoms with E-state index in [0.717, 1.165) is 5.69 Å². The SMILES string of the molecule is Cc1ccc(S(=O)C2CCN(C(=O)OC(C)(C)C)C2)nn1. The number of rotatable bonds is 2. The number of ether oxygens (including phenoxy) is 1. The fourth-order valence-corrected chi connectivity index (χ4v) is 3.36. The van der Waals surface area contributed by atoms with Crippen molar-refractivity contribution in [3.8, 4) is 0 Å². The number of amides is 1. The lowest BCUT2D eigenvalue weighted by molar-refractivity contribution is 0.0295. The van der Waals surface area contributed by atoms with Gasteiger partial charge in [0.1, 0.15) is 10.6 Å². The van der Waals surface area contributed by atoms with E-state index >= 15 is 0 Å². The van der Waals surface area contributed by atoms with Gasteiger partial charge >= 0.3 is 6.09 Å². The van der Waals surface area contributed by atoms with Crippen LogP contribution in [-0.4, -0.2) is 49.3 Å². The van der Waals surface area contributed by atoms with Gasteiger partial charge in [-0.25, -0.2) is 4.79 Å². The van der Waals surface area contributed by atoms with Crippen LogP contribution < -0.4 is 0 Å². The zero-order valence-electron chi connectivity index (χ0n) is 12.8. The van der Waals surface area contributed by atoms with Crippen molar-refractivity contribution >= 4 is 16.9 Å². The summed E-state index contributed by atoms with van der Waals surface area (Å²) in [6.07, 6.45) is 0.332. The van der Waals surface area contributed by atoms with Gasteiger partial charge in [0.2, 0.25) is 0 Å². The molecule has 7 heteroatoms. The van der Waals surface area contributed by atoms with Crippen LogP contribution >= 0.6 is 0 Å². The minimum Gasteiger partial charge on any atom is -0.444 e. The molecule has 0 N–H and O–H groups in total. The summed E-state index contributed by atoms with van der Waals surface area (Å²) in [5, 5.41) is 8.25. The second-order valence-corrected chi connectivity index (χ2v) is 7.83. The minimum absolute atomic E-state index is 0.116. The molecule has 2 rings (SSSR count). The van der Waals surface area contributed by atoms with Crippen molar-refractivity contribution in [2.45, 2.75) is 50.0 Å².